The standard InChI is InChI=1S/C50H39N3S/c1-3-33-15-5-7-17-38-37(36-16-6-4-14-32(36)2)19-12-24-43(38)51(33)34-26-28-48-41(30-34)42-31-35(27-29-49(42)54-48)52-45-22-10-11-23-46(45)53-44-21-9-8-18-39(44)40-20-13-25-47(52)50(40)53/h3-25,27,29-31,38,43H,26,28H2,1-2H3/b15-5-,17-7-,33-3-. The number of aryl methyl sites for hydroxylation is 2. The van der Waals surface area contributed by atoms with Crippen molar-refractivity contribution in [3.63, 3.8) is 0 Å². The second-order valence-corrected chi connectivity index (χ2v) is 15.9. The van der Waals surface area contributed by atoms with Crippen LogP contribution in [0.4, 0.5) is 17.1 Å². The minimum atomic E-state index is 0.169. The van der Waals surface area contributed by atoms with Gasteiger partial charge < -0.3 is 14.4 Å². The van der Waals surface area contributed by atoms with Crippen LogP contribution in [0.25, 0.3) is 49.2 Å². The second-order valence-electron chi connectivity index (χ2n) is 14.8. The van der Waals surface area contributed by atoms with Crippen LogP contribution >= 0.6 is 11.3 Å². The fraction of sp³-hybridized carbons (Fsp3) is 0.120. The van der Waals surface area contributed by atoms with Gasteiger partial charge in [0.15, 0.2) is 0 Å². The topological polar surface area (TPSA) is 11.4 Å². The first kappa shape index (κ1) is 31.4. The molecule has 7 aromatic rings. The summed E-state index contributed by atoms with van der Waals surface area (Å²) in [6.45, 7) is 4.41. The number of benzene rings is 5. The molecule has 4 heterocycles. The molecule has 2 unspecified atom stereocenters. The molecule has 2 aliphatic heterocycles. The van der Waals surface area contributed by atoms with Gasteiger partial charge in [0.2, 0.25) is 0 Å². The average molecular weight is 714 g/mol. The number of thiophene rings is 1. The molecular weight excluding hydrogens is 675 g/mol. The van der Waals surface area contributed by atoms with E-state index in [-0.39, 0.29) is 12.0 Å². The Bertz CT molecular complexity index is 2890. The maximum atomic E-state index is 2.63. The molecule has 54 heavy (non-hydrogen) atoms. The molecule has 2 atom stereocenters. The lowest BCUT2D eigenvalue weighted by Gasteiger charge is -2.42. The van der Waals surface area contributed by atoms with E-state index in [0.717, 1.165) is 12.8 Å². The second kappa shape index (κ2) is 12.2. The van der Waals surface area contributed by atoms with Crippen molar-refractivity contribution < 1.29 is 0 Å². The van der Waals surface area contributed by atoms with Crippen molar-refractivity contribution in [2.75, 3.05) is 4.90 Å². The van der Waals surface area contributed by atoms with Gasteiger partial charge in [0.1, 0.15) is 0 Å². The lowest BCUT2D eigenvalue weighted by Crippen LogP contribution is -2.39. The van der Waals surface area contributed by atoms with Crippen molar-refractivity contribution in [3.8, 4) is 5.69 Å². The minimum Gasteiger partial charge on any atom is -0.338 e. The van der Waals surface area contributed by atoms with Crippen molar-refractivity contribution in [2.24, 2.45) is 5.92 Å². The number of hydrogen-bond donors (Lipinski definition) is 0. The van der Waals surface area contributed by atoms with Gasteiger partial charge in [0, 0.05) is 48.7 Å². The third-order valence-electron chi connectivity index (χ3n) is 11.9. The van der Waals surface area contributed by atoms with Crippen molar-refractivity contribution in [1.29, 1.82) is 0 Å². The number of fused-ring (bicyclic) bond motifs is 9. The number of anilines is 3. The third-order valence-corrected chi connectivity index (χ3v) is 13.1. The molecule has 5 aromatic carbocycles. The first-order valence-corrected chi connectivity index (χ1v) is 19.9. The number of allylic oxidation sites excluding steroid dienone is 7. The fourth-order valence-corrected chi connectivity index (χ4v) is 10.7. The zero-order valence-corrected chi connectivity index (χ0v) is 31.2. The molecule has 0 spiro atoms. The van der Waals surface area contributed by atoms with Crippen LogP contribution < -0.4 is 4.90 Å². The number of rotatable bonds is 3. The van der Waals surface area contributed by atoms with Crippen LogP contribution in [0.2, 0.25) is 0 Å². The van der Waals surface area contributed by atoms with Gasteiger partial charge in [-0.3, -0.25) is 0 Å². The van der Waals surface area contributed by atoms with Crippen LogP contribution in [0.5, 0.6) is 0 Å². The molecule has 2 aliphatic carbocycles. The quantitative estimate of drug-likeness (QED) is 0.181. The van der Waals surface area contributed by atoms with Crippen molar-refractivity contribution in [1.82, 2.24) is 9.47 Å². The first-order valence-electron chi connectivity index (χ1n) is 19.1. The molecule has 4 aliphatic rings. The average Bonchev–Trinajstić information content (AvgIpc) is 3.74. The van der Waals surface area contributed by atoms with Gasteiger partial charge in [-0.15, -0.1) is 11.3 Å². The molecule has 3 nitrogen and oxygen atoms in total. The summed E-state index contributed by atoms with van der Waals surface area (Å²) < 4.78 is 3.81. The van der Waals surface area contributed by atoms with Crippen molar-refractivity contribution in [2.45, 2.75) is 32.7 Å². The number of para-hydroxylation sites is 4. The Kier molecular flexibility index (Phi) is 7.12. The summed E-state index contributed by atoms with van der Waals surface area (Å²) in [5, 5.41) is 3.91. The molecule has 0 N–H and O–H groups in total. The van der Waals surface area contributed by atoms with E-state index in [0.29, 0.717) is 0 Å². The zero-order chi connectivity index (χ0) is 35.9. The lowest BCUT2D eigenvalue weighted by atomic mass is 9.79. The molecule has 4 heteroatoms. The Labute approximate surface area is 320 Å². The highest BCUT2D eigenvalue weighted by Crippen LogP contribution is 2.51. The van der Waals surface area contributed by atoms with E-state index in [1.54, 1.807) is 0 Å². The number of nitrogens with zero attached hydrogens (tertiary/aromatic N) is 3. The van der Waals surface area contributed by atoms with Gasteiger partial charge in [-0.25, -0.2) is 0 Å². The normalized spacial score (nSPS) is 20.7. The molecule has 2 aromatic heterocycles. The predicted molar refractivity (Wildman–Crippen MR) is 230 cm³/mol. The van der Waals surface area contributed by atoms with Gasteiger partial charge in [0.25, 0.3) is 0 Å². The highest BCUT2D eigenvalue weighted by Gasteiger charge is 2.34. The maximum absolute atomic E-state index is 2.63. The zero-order valence-electron chi connectivity index (χ0n) is 30.4. The lowest BCUT2D eigenvalue weighted by molar-refractivity contribution is 0.329. The summed E-state index contributed by atoms with van der Waals surface area (Å²) in [5.74, 6) is 0.224. The maximum Gasteiger partial charge on any atom is 0.0783 e. The van der Waals surface area contributed by atoms with Crippen molar-refractivity contribution >= 4 is 71.9 Å². The Morgan fingerprint density at radius 1 is 0.722 bits per heavy atom. The molecule has 0 bridgehead atoms. The van der Waals surface area contributed by atoms with Gasteiger partial charge in [-0.1, -0.05) is 109 Å². The number of hydrogen-bond acceptors (Lipinski definition) is 3. The van der Waals surface area contributed by atoms with E-state index in [4.69, 9.17) is 0 Å². The van der Waals surface area contributed by atoms with E-state index in [9.17, 15) is 0 Å². The molecular formula is C50H39N3S. The van der Waals surface area contributed by atoms with Gasteiger partial charge >= 0.3 is 0 Å². The monoisotopic (exact) mass is 713 g/mol. The van der Waals surface area contributed by atoms with Crippen LogP contribution in [0.1, 0.15) is 34.9 Å². The van der Waals surface area contributed by atoms with E-state index in [1.165, 1.54) is 93.2 Å². The largest absolute Gasteiger partial charge is 0.338 e. The van der Waals surface area contributed by atoms with E-state index >= 15 is 0 Å². The molecule has 0 saturated carbocycles. The molecule has 260 valence electrons. The summed E-state index contributed by atoms with van der Waals surface area (Å²) in [4.78, 5) is 6.59. The van der Waals surface area contributed by atoms with Crippen LogP contribution in [0, 0.1) is 12.8 Å². The van der Waals surface area contributed by atoms with E-state index < -0.39 is 0 Å². The minimum absolute atomic E-state index is 0.169. The molecule has 0 fully saturated rings. The fourth-order valence-electron chi connectivity index (χ4n) is 9.49. The van der Waals surface area contributed by atoms with Crippen LogP contribution in [0.15, 0.2) is 169 Å². The van der Waals surface area contributed by atoms with E-state index in [2.05, 4.69) is 192 Å². The van der Waals surface area contributed by atoms with Crippen LogP contribution in [-0.4, -0.2) is 15.5 Å². The molecule has 0 radical (unpaired) electrons. The molecule has 0 amide bonds. The third kappa shape index (κ3) is 4.60. The van der Waals surface area contributed by atoms with E-state index in [1.807, 2.05) is 11.3 Å². The van der Waals surface area contributed by atoms with Gasteiger partial charge in [-0.05, 0) is 104 Å². The van der Waals surface area contributed by atoms with Gasteiger partial charge in [-0.2, -0.15) is 0 Å². The predicted octanol–water partition coefficient (Wildman–Crippen LogP) is 13.3. The Hall–Kier alpha value is -6.10. The summed E-state index contributed by atoms with van der Waals surface area (Å²) >= 11 is 1.96. The Morgan fingerprint density at radius 3 is 2.44 bits per heavy atom. The SMILES string of the molecule is C/C=C1/C=C\C=C/C2C(c3ccccc3C)=CC=CC2N1C1=Cc2c(sc3ccc(N4c5ccccc5-n5c6ccccc6c6cccc4c65)cc23)CC1. The first-order chi connectivity index (χ1) is 26.7. The summed E-state index contributed by atoms with van der Waals surface area (Å²) in [5.41, 5.74) is 15.4. The molecule has 0 saturated heterocycles. The van der Waals surface area contributed by atoms with Crippen molar-refractivity contribution in [3.05, 3.63) is 191 Å². The Balaban J connectivity index is 1.05. The summed E-state index contributed by atoms with van der Waals surface area (Å²) in [7, 11) is 0. The highest BCUT2D eigenvalue weighted by molar-refractivity contribution is 7.19. The summed E-state index contributed by atoms with van der Waals surface area (Å²) in [6, 6.07) is 40.6. The smallest absolute Gasteiger partial charge is 0.0783 e. The highest BCUT2D eigenvalue weighted by atomic mass is 32.1. The van der Waals surface area contributed by atoms with Gasteiger partial charge in [0.05, 0.1) is 34.1 Å². The molecule has 11 rings (SSSR count). The summed E-state index contributed by atoms with van der Waals surface area (Å²) in [6.07, 6.45) is 23.0. The Morgan fingerprint density at radius 2 is 1.54 bits per heavy atom. The van der Waals surface area contributed by atoms with Crippen LogP contribution in [0.3, 0.4) is 0 Å². The number of aromatic nitrogens is 1. The van der Waals surface area contributed by atoms with Crippen LogP contribution in [-0.2, 0) is 6.42 Å².